The van der Waals surface area contributed by atoms with Gasteiger partial charge in [0.1, 0.15) is 18.4 Å². The van der Waals surface area contributed by atoms with Crippen LogP contribution in [0.1, 0.15) is 29.7 Å². The predicted octanol–water partition coefficient (Wildman–Crippen LogP) is 3.56. The summed E-state index contributed by atoms with van der Waals surface area (Å²) in [7, 11) is 0. The Balaban J connectivity index is 1.82. The Morgan fingerprint density at radius 3 is 2.69 bits per heavy atom. The molecule has 0 unspecified atom stereocenters. The fourth-order valence-corrected chi connectivity index (χ4v) is 3.54. The summed E-state index contributed by atoms with van der Waals surface area (Å²) >= 11 is 6.10. The molecule has 5 nitrogen and oxygen atoms in total. The van der Waals surface area contributed by atoms with Crippen molar-refractivity contribution in [2.24, 2.45) is 0 Å². The summed E-state index contributed by atoms with van der Waals surface area (Å²) in [6.45, 7) is 6.04. The van der Waals surface area contributed by atoms with Gasteiger partial charge in [0.25, 0.3) is 5.91 Å². The number of fused-ring (bicyclic) bond motifs is 1. The fraction of sp³-hybridized carbons (Fsp3) is 0.300. The zero-order valence-corrected chi connectivity index (χ0v) is 15.8. The first-order chi connectivity index (χ1) is 12.4. The van der Waals surface area contributed by atoms with Gasteiger partial charge < -0.3 is 15.0 Å². The molecule has 0 bridgehead atoms. The lowest BCUT2D eigenvalue weighted by Gasteiger charge is -2.20. The van der Waals surface area contributed by atoms with Crippen LogP contribution in [-0.4, -0.2) is 25.0 Å². The van der Waals surface area contributed by atoms with Crippen LogP contribution in [-0.2, 0) is 9.59 Å². The van der Waals surface area contributed by atoms with Crippen molar-refractivity contribution in [1.29, 1.82) is 0 Å². The van der Waals surface area contributed by atoms with Crippen molar-refractivity contribution in [3.63, 3.8) is 0 Å². The zero-order valence-electron chi connectivity index (χ0n) is 15.0. The average Bonchev–Trinajstić information content (AvgIpc) is 2.82. The van der Waals surface area contributed by atoms with Crippen LogP contribution in [0.4, 0.5) is 5.69 Å². The van der Waals surface area contributed by atoms with Crippen LogP contribution >= 0.6 is 11.6 Å². The second-order valence-electron chi connectivity index (χ2n) is 6.42. The number of hydrogen-bond acceptors (Lipinski definition) is 3. The van der Waals surface area contributed by atoms with E-state index in [1.165, 1.54) is 6.92 Å². The second kappa shape index (κ2) is 7.38. The predicted molar refractivity (Wildman–Crippen MR) is 102 cm³/mol. The highest BCUT2D eigenvalue weighted by Gasteiger charge is 2.38. The van der Waals surface area contributed by atoms with Gasteiger partial charge in [-0.3, -0.25) is 9.59 Å². The highest BCUT2D eigenvalue weighted by molar-refractivity contribution is 6.32. The maximum absolute atomic E-state index is 12.9. The molecule has 0 radical (unpaired) electrons. The molecule has 2 aromatic carbocycles. The normalized spacial score (nSPS) is 15.8. The smallest absolute Gasteiger partial charge is 0.254 e. The van der Waals surface area contributed by atoms with E-state index in [2.05, 4.69) is 5.32 Å². The summed E-state index contributed by atoms with van der Waals surface area (Å²) in [6.07, 6.45) is 0. The molecule has 0 saturated carbocycles. The van der Waals surface area contributed by atoms with E-state index in [4.69, 9.17) is 16.3 Å². The third-order valence-electron chi connectivity index (χ3n) is 4.32. The molecule has 2 amide bonds. The van der Waals surface area contributed by atoms with Gasteiger partial charge >= 0.3 is 0 Å². The van der Waals surface area contributed by atoms with E-state index in [9.17, 15) is 9.59 Å². The van der Waals surface area contributed by atoms with E-state index in [0.717, 1.165) is 22.4 Å². The standard InChI is InChI=1S/C20H21ClN2O3/c1-12-10-13(2)19-15(11-12)18(22-14(3)24)20(25)23(19)8-9-26-17-7-5-4-6-16(17)21/h4-7,10-11,18H,8-9H2,1-3H3,(H,22,24)/t18-/m0/s1. The van der Waals surface area contributed by atoms with Crippen LogP contribution in [0.25, 0.3) is 0 Å². The summed E-state index contributed by atoms with van der Waals surface area (Å²) in [5.41, 5.74) is 3.74. The van der Waals surface area contributed by atoms with Crippen molar-refractivity contribution in [1.82, 2.24) is 5.32 Å². The number of anilines is 1. The first kappa shape index (κ1) is 18.3. The second-order valence-corrected chi connectivity index (χ2v) is 6.83. The summed E-state index contributed by atoms with van der Waals surface area (Å²) in [5, 5.41) is 3.29. The minimum atomic E-state index is -0.651. The molecule has 1 atom stereocenters. The van der Waals surface area contributed by atoms with Crippen LogP contribution in [0.15, 0.2) is 36.4 Å². The fourth-order valence-electron chi connectivity index (χ4n) is 3.35. The van der Waals surface area contributed by atoms with Crippen LogP contribution < -0.4 is 15.0 Å². The number of ether oxygens (including phenoxy) is 1. The number of halogens is 1. The van der Waals surface area contributed by atoms with Crippen LogP contribution in [0.5, 0.6) is 5.75 Å². The first-order valence-electron chi connectivity index (χ1n) is 8.45. The van der Waals surface area contributed by atoms with Crippen molar-refractivity contribution < 1.29 is 14.3 Å². The summed E-state index contributed by atoms with van der Waals surface area (Å²) < 4.78 is 5.73. The van der Waals surface area contributed by atoms with Crippen molar-refractivity contribution in [3.8, 4) is 5.75 Å². The molecule has 6 heteroatoms. The maximum Gasteiger partial charge on any atom is 0.254 e. The van der Waals surface area contributed by atoms with Gasteiger partial charge in [0.15, 0.2) is 0 Å². The van der Waals surface area contributed by atoms with Gasteiger partial charge in [0, 0.05) is 12.5 Å². The molecule has 0 aliphatic carbocycles. The molecule has 0 aromatic heterocycles. The summed E-state index contributed by atoms with van der Waals surface area (Å²) in [6, 6.07) is 10.6. The molecular weight excluding hydrogens is 352 g/mol. The van der Waals surface area contributed by atoms with Gasteiger partial charge in [-0.05, 0) is 31.5 Å². The average molecular weight is 373 g/mol. The van der Waals surface area contributed by atoms with Crippen molar-refractivity contribution in [2.45, 2.75) is 26.8 Å². The monoisotopic (exact) mass is 372 g/mol. The minimum absolute atomic E-state index is 0.147. The number of para-hydroxylation sites is 1. The molecule has 26 heavy (non-hydrogen) atoms. The van der Waals surface area contributed by atoms with Crippen molar-refractivity contribution in [3.05, 3.63) is 58.1 Å². The zero-order chi connectivity index (χ0) is 18.8. The van der Waals surface area contributed by atoms with E-state index < -0.39 is 6.04 Å². The number of nitrogens with zero attached hydrogens (tertiary/aromatic N) is 1. The van der Waals surface area contributed by atoms with E-state index in [-0.39, 0.29) is 11.8 Å². The Kier molecular flexibility index (Phi) is 5.18. The lowest BCUT2D eigenvalue weighted by Crippen LogP contribution is -2.38. The number of amides is 2. The molecule has 1 aliphatic rings. The van der Waals surface area contributed by atoms with Gasteiger partial charge in [-0.25, -0.2) is 0 Å². The molecule has 1 heterocycles. The first-order valence-corrected chi connectivity index (χ1v) is 8.83. The topological polar surface area (TPSA) is 58.6 Å². The van der Waals surface area contributed by atoms with Crippen molar-refractivity contribution in [2.75, 3.05) is 18.1 Å². The van der Waals surface area contributed by atoms with Gasteiger partial charge in [0.2, 0.25) is 5.91 Å². The summed E-state index contributed by atoms with van der Waals surface area (Å²) in [4.78, 5) is 26.1. The number of aryl methyl sites for hydroxylation is 2. The number of benzene rings is 2. The van der Waals surface area contributed by atoms with E-state index in [0.29, 0.717) is 23.9 Å². The lowest BCUT2D eigenvalue weighted by molar-refractivity contribution is -0.126. The van der Waals surface area contributed by atoms with Crippen LogP contribution in [0.2, 0.25) is 5.02 Å². The Morgan fingerprint density at radius 1 is 1.27 bits per heavy atom. The minimum Gasteiger partial charge on any atom is -0.490 e. The number of hydrogen-bond donors (Lipinski definition) is 1. The number of carbonyl (C=O) groups excluding carboxylic acids is 2. The molecular formula is C20H21ClN2O3. The molecule has 0 spiro atoms. The number of carbonyl (C=O) groups is 2. The van der Waals surface area contributed by atoms with E-state index in [1.807, 2.05) is 38.1 Å². The van der Waals surface area contributed by atoms with Crippen LogP contribution in [0.3, 0.4) is 0 Å². The Labute approximate surface area is 157 Å². The quantitative estimate of drug-likeness (QED) is 0.873. The molecule has 1 N–H and O–H groups in total. The third-order valence-corrected chi connectivity index (χ3v) is 4.64. The Morgan fingerprint density at radius 2 is 2.00 bits per heavy atom. The number of rotatable bonds is 5. The molecule has 1 aliphatic heterocycles. The highest BCUT2D eigenvalue weighted by Crippen LogP contribution is 2.39. The van der Waals surface area contributed by atoms with E-state index in [1.54, 1.807) is 17.0 Å². The highest BCUT2D eigenvalue weighted by atomic mass is 35.5. The summed E-state index contributed by atoms with van der Waals surface area (Å²) in [5.74, 6) is 0.203. The SMILES string of the molecule is CC(=O)N[C@@H]1C(=O)N(CCOc2ccccc2Cl)c2c(C)cc(C)cc21. The molecule has 0 fully saturated rings. The van der Waals surface area contributed by atoms with Gasteiger partial charge in [-0.2, -0.15) is 0 Å². The van der Waals surface area contributed by atoms with Crippen LogP contribution in [0, 0.1) is 13.8 Å². The molecule has 0 saturated heterocycles. The maximum atomic E-state index is 12.9. The lowest BCUT2D eigenvalue weighted by atomic mass is 10.0. The van der Waals surface area contributed by atoms with Gasteiger partial charge in [-0.1, -0.05) is 41.4 Å². The molecule has 2 aromatic rings. The Bertz CT molecular complexity index is 866. The van der Waals surface area contributed by atoms with Gasteiger partial charge in [0.05, 0.1) is 17.3 Å². The number of nitrogens with one attached hydrogen (secondary N) is 1. The third kappa shape index (κ3) is 3.53. The van der Waals surface area contributed by atoms with E-state index >= 15 is 0 Å². The van der Waals surface area contributed by atoms with Gasteiger partial charge in [-0.15, -0.1) is 0 Å². The van der Waals surface area contributed by atoms with Crippen molar-refractivity contribution >= 4 is 29.1 Å². The molecule has 3 rings (SSSR count). The Hall–Kier alpha value is -2.53. The molecule has 136 valence electrons. The largest absolute Gasteiger partial charge is 0.490 e.